The summed E-state index contributed by atoms with van der Waals surface area (Å²) in [6.45, 7) is 2.50. The van der Waals surface area contributed by atoms with Gasteiger partial charge in [-0.15, -0.1) is 5.10 Å². The number of halogens is 2. The van der Waals surface area contributed by atoms with Gasteiger partial charge in [-0.05, 0) is 43.0 Å². The third-order valence-electron chi connectivity index (χ3n) is 4.72. The van der Waals surface area contributed by atoms with Gasteiger partial charge >= 0.3 is 5.92 Å². The zero-order valence-electron chi connectivity index (χ0n) is 15.6. The summed E-state index contributed by atoms with van der Waals surface area (Å²) in [5.74, 6) is -3.12. The van der Waals surface area contributed by atoms with Crippen molar-refractivity contribution in [3.63, 3.8) is 0 Å². The van der Waals surface area contributed by atoms with Gasteiger partial charge in [0.1, 0.15) is 5.82 Å². The summed E-state index contributed by atoms with van der Waals surface area (Å²) in [6, 6.07) is 6.84. The van der Waals surface area contributed by atoms with E-state index in [1.807, 2.05) is 6.07 Å². The quantitative estimate of drug-likeness (QED) is 0.715. The molecule has 4 rings (SSSR count). The van der Waals surface area contributed by atoms with Crippen molar-refractivity contribution in [2.45, 2.75) is 43.5 Å². The number of hydrogen-bond acceptors (Lipinski definition) is 6. The van der Waals surface area contributed by atoms with Crippen molar-refractivity contribution < 1.29 is 17.2 Å². The van der Waals surface area contributed by atoms with Gasteiger partial charge in [0.05, 0.1) is 4.90 Å². The van der Waals surface area contributed by atoms with E-state index in [0.29, 0.717) is 29.2 Å². The maximum absolute atomic E-state index is 13.6. The second-order valence-corrected chi connectivity index (χ2v) is 9.29. The second-order valence-electron chi connectivity index (χ2n) is 7.27. The van der Waals surface area contributed by atoms with Crippen LogP contribution in [0.2, 0.25) is 0 Å². The van der Waals surface area contributed by atoms with Gasteiger partial charge in [0.15, 0.2) is 9.84 Å². The Kier molecular flexibility index (Phi) is 4.14. The fourth-order valence-electron chi connectivity index (χ4n) is 3.41. The van der Waals surface area contributed by atoms with Gasteiger partial charge in [0.2, 0.25) is 5.82 Å². The van der Waals surface area contributed by atoms with Crippen molar-refractivity contribution in [2.75, 3.05) is 11.6 Å². The molecule has 3 aromatic rings. The zero-order valence-corrected chi connectivity index (χ0v) is 16.4. The van der Waals surface area contributed by atoms with Gasteiger partial charge < -0.3 is 5.32 Å². The Balaban J connectivity index is 1.64. The number of benzene rings is 1. The van der Waals surface area contributed by atoms with E-state index < -0.39 is 21.6 Å². The highest BCUT2D eigenvalue weighted by Gasteiger charge is 2.31. The van der Waals surface area contributed by atoms with Crippen molar-refractivity contribution in [1.29, 1.82) is 0 Å². The zero-order chi connectivity index (χ0) is 20.3. The first-order valence-corrected chi connectivity index (χ1v) is 10.6. The number of hydrogen-bond donors (Lipinski definition) is 1. The number of anilines is 1. The van der Waals surface area contributed by atoms with E-state index >= 15 is 0 Å². The number of alkyl halides is 2. The number of nitrogens with zero attached hydrogens (tertiary/aromatic N) is 4. The molecule has 0 saturated heterocycles. The van der Waals surface area contributed by atoms with Crippen LogP contribution in [0.4, 0.5) is 14.6 Å². The number of sulfone groups is 1. The van der Waals surface area contributed by atoms with E-state index in [4.69, 9.17) is 0 Å². The molecule has 0 aliphatic heterocycles. The van der Waals surface area contributed by atoms with Crippen LogP contribution in [0, 0.1) is 6.92 Å². The Morgan fingerprint density at radius 3 is 2.57 bits per heavy atom. The fourth-order valence-corrected chi connectivity index (χ4v) is 4.08. The first-order valence-electron chi connectivity index (χ1n) is 8.72. The average molecular weight is 407 g/mol. The molecule has 0 saturated carbocycles. The molecule has 28 heavy (non-hydrogen) atoms. The molecule has 7 nitrogen and oxygen atoms in total. The molecule has 1 aliphatic rings. The summed E-state index contributed by atoms with van der Waals surface area (Å²) in [5, 5.41) is 7.23. The summed E-state index contributed by atoms with van der Waals surface area (Å²) >= 11 is 0. The first-order chi connectivity index (χ1) is 13.0. The van der Waals surface area contributed by atoms with E-state index in [9.17, 15) is 17.2 Å². The lowest BCUT2D eigenvalue weighted by atomic mass is 10.1. The minimum absolute atomic E-state index is 0.0235. The third-order valence-corrected chi connectivity index (χ3v) is 5.83. The molecule has 0 spiro atoms. The predicted octanol–water partition coefficient (Wildman–Crippen LogP) is 2.53. The average Bonchev–Trinajstić information content (AvgIpc) is 3.15. The minimum atomic E-state index is -3.27. The Morgan fingerprint density at radius 1 is 1.18 bits per heavy atom. The van der Waals surface area contributed by atoms with Gasteiger partial charge in [-0.1, -0.05) is 6.07 Å². The van der Waals surface area contributed by atoms with Crippen LogP contribution in [0.3, 0.4) is 0 Å². The topological polar surface area (TPSA) is 89.2 Å². The molecule has 1 N–H and O–H groups in total. The van der Waals surface area contributed by atoms with Crippen LogP contribution in [-0.4, -0.2) is 40.3 Å². The molecule has 2 aromatic heterocycles. The van der Waals surface area contributed by atoms with Crippen LogP contribution in [0.5, 0.6) is 0 Å². The molecule has 0 radical (unpaired) electrons. The van der Waals surface area contributed by atoms with E-state index in [1.54, 1.807) is 25.1 Å². The highest BCUT2D eigenvalue weighted by Crippen LogP contribution is 2.28. The van der Waals surface area contributed by atoms with Crippen LogP contribution in [0.15, 0.2) is 29.2 Å². The lowest BCUT2D eigenvalue weighted by Crippen LogP contribution is -2.22. The highest BCUT2D eigenvalue weighted by atomic mass is 32.2. The number of fused-ring (bicyclic) bond motifs is 2. The molecule has 0 fully saturated rings. The predicted molar refractivity (Wildman–Crippen MR) is 99.5 cm³/mol. The van der Waals surface area contributed by atoms with E-state index in [-0.39, 0.29) is 11.8 Å². The van der Waals surface area contributed by atoms with E-state index in [0.717, 1.165) is 18.1 Å². The van der Waals surface area contributed by atoms with Crippen molar-refractivity contribution >= 4 is 21.4 Å². The summed E-state index contributed by atoms with van der Waals surface area (Å²) in [7, 11) is -3.27. The van der Waals surface area contributed by atoms with Crippen LogP contribution < -0.4 is 5.32 Å². The van der Waals surface area contributed by atoms with Crippen LogP contribution in [0.25, 0.3) is 5.78 Å². The number of aryl methyl sites for hydroxylation is 1. The van der Waals surface area contributed by atoms with Gasteiger partial charge in [-0.25, -0.2) is 13.4 Å². The van der Waals surface area contributed by atoms with Crippen molar-refractivity contribution in [1.82, 2.24) is 19.6 Å². The standard InChI is InChI=1S/C18H19F2N5O2S/c1-10-6-15(25-17(21-10)23-16(24-25)18(2,19)20)22-13-7-11-4-5-14(28(3,26)27)9-12(11)8-13/h4-6,9,13,22H,7-8H2,1-3H3. The molecule has 2 heterocycles. The molecule has 10 heteroatoms. The molecular weight excluding hydrogens is 388 g/mol. The van der Waals surface area contributed by atoms with E-state index in [1.165, 1.54) is 10.8 Å². The van der Waals surface area contributed by atoms with Gasteiger partial charge in [0.25, 0.3) is 5.78 Å². The maximum atomic E-state index is 13.6. The van der Waals surface area contributed by atoms with Crippen molar-refractivity contribution in [2.24, 2.45) is 0 Å². The van der Waals surface area contributed by atoms with Crippen LogP contribution in [-0.2, 0) is 28.6 Å². The monoisotopic (exact) mass is 407 g/mol. The van der Waals surface area contributed by atoms with Crippen molar-refractivity contribution in [3.05, 3.63) is 46.9 Å². The molecular formula is C18H19F2N5O2S. The van der Waals surface area contributed by atoms with E-state index in [2.05, 4.69) is 20.4 Å². The molecule has 0 amide bonds. The number of aromatic nitrogens is 4. The smallest absolute Gasteiger partial charge is 0.305 e. The van der Waals surface area contributed by atoms with Crippen LogP contribution in [0.1, 0.15) is 29.6 Å². The lowest BCUT2D eigenvalue weighted by Gasteiger charge is -2.14. The Morgan fingerprint density at radius 2 is 1.89 bits per heavy atom. The SMILES string of the molecule is Cc1cc(NC2Cc3ccc(S(C)(=O)=O)cc3C2)n2nc(C(C)(F)F)nc2n1. The van der Waals surface area contributed by atoms with Gasteiger partial charge in [0, 0.05) is 31.0 Å². The van der Waals surface area contributed by atoms with Gasteiger partial charge in [-0.3, -0.25) is 0 Å². The fraction of sp³-hybridized carbons (Fsp3) is 0.389. The Labute approximate surface area is 160 Å². The molecule has 1 aliphatic carbocycles. The normalized spacial score (nSPS) is 17.1. The van der Waals surface area contributed by atoms with Crippen LogP contribution >= 0.6 is 0 Å². The minimum Gasteiger partial charge on any atom is -0.366 e. The molecule has 1 unspecified atom stereocenters. The summed E-state index contributed by atoms with van der Waals surface area (Å²) in [6.07, 6.45) is 2.49. The lowest BCUT2D eigenvalue weighted by molar-refractivity contribution is 0.00800. The largest absolute Gasteiger partial charge is 0.366 e. The molecule has 148 valence electrons. The highest BCUT2D eigenvalue weighted by molar-refractivity contribution is 7.90. The summed E-state index contributed by atoms with van der Waals surface area (Å²) in [4.78, 5) is 8.31. The van der Waals surface area contributed by atoms with Gasteiger partial charge in [-0.2, -0.15) is 18.3 Å². The second kappa shape index (κ2) is 6.20. The third kappa shape index (κ3) is 3.44. The molecule has 1 atom stereocenters. The Hall–Kier alpha value is -2.62. The molecule has 0 bridgehead atoms. The Bertz CT molecular complexity index is 1180. The molecule has 1 aromatic carbocycles. The van der Waals surface area contributed by atoms with Crippen molar-refractivity contribution in [3.8, 4) is 0 Å². The first kappa shape index (κ1) is 18.7. The summed E-state index contributed by atoms with van der Waals surface area (Å²) < 4.78 is 52.0. The number of rotatable bonds is 4. The summed E-state index contributed by atoms with van der Waals surface area (Å²) in [5.41, 5.74) is 2.65. The number of nitrogens with one attached hydrogen (secondary N) is 1. The maximum Gasteiger partial charge on any atom is 0.305 e.